The Bertz CT molecular complexity index is 1090. The molecule has 3 aromatic rings. The first-order chi connectivity index (χ1) is 17.0. The maximum atomic E-state index is 12.4. The summed E-state index contributed by atoms with van der Waals surface area (Å²) in [6.07, 6.45) is -0.153. The molecule has 1 unspecified atom stereocenters. The van der Waals surface area contributed by atoms with E-state index >= 15 is 0 Å². The molecule has 1 saturated heterocycles. The van der Waals surface area contributed by atoms with Gasteiger partial charge in [-0.25, -0.2) is 9.03 Å². The number of nitrogens with one attached hydrogen (secondary N) is 1. The van der Waals surface area contributed by atoms with Crippen molar-refractivity contribution in [3.63, 3.8) is 0 Å². The van der Waals surface area contributed by atoms with Crippen molar-refractivity contribution in [1.82, 2.24) is 9.03 Å². The SMILES string of the molecule is FC(F)(F)Oc1ccc(CNSN2CCCC(C3c4ccccc4CCc4ccccc43)C2)cc1. The van der Waals surface area contributed by atoms with Gasteiger partial charge in [-0.2, -0.15) is 0 Å². The molecule has 0 radical (unpaired) electrons. The first-order valence-electron chi connectivity index (χ1n) is 12.1. The number of ether oxygens (including phenoxy) is 1. The number of halogens is 3. The van der Waals surface area contributed by atoms with Crippen molar-refractivity contribution in [3.05, 3.63) is 101 Å². The van der Waals surface area contributed by atoms with Gasteiger partial charge in [0.1, 0.15) is 5.75 Å². The second kappa shape index (κ2) is 10.6. The van der Waals surface area contributed by atoms with Crippen LogP contribution < -0.4 is 9.46 Å². The maximum Gasteiger partial charge on any atom is 0.573 e. The summed E-state index contributed by atoms with van der Waals surface area (Å²) in [4.78, 5) is 0. The molecule has 1 heterocycles. The highest BCUT2D eigenvalue weighted by Crippen LogP contribution is 2.42. The number of piperidine rings is 1. The summed E-state index contributed by atoms with van der Waals surface area (Å²) < 4.78 is 46.8. The number of hydrogen-bond acceptors (Lipinski definition) is 4. The molecule has 0 saturated carbocycles. The van der Waals surface area contributed by atoms with Gasteiger partial charge in [0.15, 0.2) is 0 Å². The predicted octanol–water partition coefficient (Wildman–Crippen LogP) is 6.88. The second-order valence-corrected chi connectivity index (χ2v) is 10.3. The van der Waals surface area contributed by atoms with Crippen molar-refractivity contribution in [2.45, 2.75) is 44.5 Å². The fourth-order valence-corrected chi connectivity index (χ4v) is 6.32. The van der Waals surface area contributed by atoms with Crippen molar-refractivity contribution in [2.75, 3.05) is 13.1 Å². The first-order valence-corrected chi connectivity index (χ1v) is 12.9. The van der Waals surface area contributed by atoms with Gasteiger partial charge < -0.3 is 4.74 Å². The fourth-order valence-electron chi connectivity index (χ4n) is 5.42. The standard InChI is InChI=1S/C28H29F3N2OS/c29-28(30,31)34-24-15-11-20(12-16-24)18-32-35-33-17-5-8-23(19-33)27-25-9-3-1-6-21(25)13-14-22-7-2-4-10-26(22)27/h1-4,6-7,9-12,15-16,23,27,32H,5,8,13-14,17-19H2. The summed E-state index contributed by atoms with van der Waals surface area (Å²) in [6, 6.07) is 23.9. The highest BCUT2D eigenvalue weighted by atomic mass is 32.2. The van der Waals surface area contributed by atoms with E-state index in [-0.39, 0.29) is 5.75 Å². The molecule has 7 heteroatoms. The Balaban J connectivity index is 1.24. The molecule has 1 aliphatic heterocycles. The molecule has 0 bridgehead atoms. The van der Waals surface area contributed by atoms with E-state index in [9.17, 15) is 13.2 Å². The molecular formula is C28H29F3N2OS. The van der Waals surface area contributed by atoms with Gasteiger partial charge >= 0.3 is 6.36 Å². The minimum Gasteiger partial charge on any atom is -0.406 e. The third-order valence-corrected chi connectivity index (χ3v) is 7.83. The molecule has 3 aromatic carbocycles. The molecule has 184 valence electrons. The molecule has 2 aliphatic rings. The van der Waals surface area contributed by atoms with Gasteiger partial charge in [-0.15, -0.1) is 13.2 Å². The van der Waals surface area contributed by atoms with Gasteiger partial charge in [-0.1, -0.05) is 60.7 Å². The summed E-state index contributed by atoms with van der Waals surface area (Å²) in [5, 5.41) is 0. The highest BCUT2D eigenvalue weighted by molar-refractivity contribution is 7.95. The lowest BCUT2D eigenvalue weighted by Crippen LogP contribution is -2.36. The second-order valence-electron chi connectivity index (χ2n) is 9.27. The molecule has 1 fully saturated rings. The Kier molecular flexibility index (Phi) is 7.37. The number of benzene rings is 3. The van der Waals surface area contributed by atoms with Crippen molar-refractivity contribution in [2.24, 2.45) is 5.92 Å². The van der Waals surface area contributed by atoms with Gasteiger partial charge in [0.05, 0.1) is 0 Å². The van der Waals surface area contributed by atoms with Crippen molar-refractivity contribution < 1.29 is 17.9 Å². The summed E-state index contributed by atoms with van der Waals surface area (Å²) in [6.45, 7) is 2.57. The number of rotatable bonds is 6. The van der Waals surface area contributed by atoms with Gasteiger partial charge in [0, 0.05) is 37.7 Å². The number of aryl methyl sites for hydroxylation is 2. The number of fused-ring (bicyclic) bond motifs is 2. The number of nitrogens with zero attached hydrogens (tertiary/aromatic N) is 1. The van der Waals surface area contributed by atoms with Crippen LogP contribution in [0.3, 0.4) is 0 Å². The van der Waals surface area contributed by atoms with E-state index in [4.69, 9.17) is 0 Å². The van der Waals surface area contributed by atoms with Crippen molar-refractivity contribution >= 4 is 12.1 Å². The Morgan fingerprint density at radius 1 is 0.886 bits per heavy atom. The van der Waals surface area contributed by atoms with Crippen LogP contribution in [0.25, 0.3) is 0 Å². The Hall–Kier alpha value is -2.48. The Morgan fingerprint density at radius 2 is 1.51 bits per heavy atom. The predicted molar refractivity (Wildman–Crippen MR) is 134 cm³/mol. The largest absolute Gasteiger partial charge is 0.573 e. The van der Waals surface area contributed by atoms with E-state index in [2.05, 4.69) is 62.3 Å². The summed E-state index contributed by atoms with van der Waals surface area (Å²) in [5.74, 6) is 0.725. The average Bonchev–Trinajstić information content (AvgIpc) is 3.01. The van der Waals surface area contributed by atoms with Crippen molar-refractivity contribution in [3.8, 4) is 5.75 Å². The van der Waals surface area contributed by atoms with E-state index < -0.39 is 6.36 Å². The molecule has 5 rings (SSSR count). The number of alkyl halides is 3. The van der Waals surface area contributed by atoms with Gasteiger partial charge in [0.2, 0.25) is 0 Å². The monoisotopic (exact) mass is 498 g/mol. The topological polar surface area (TPSA) is 24.5 Å². The van der Waals surface area contributed by atoms with Gasteiger partial charge in [-0.05, 0) is 71.6 Å². The lowest BCUT2D eigenvalue weighted by molar-refractivity contribution is -0.274. The molecule has 0 aromatic heterocycles. The van der Waals surface area contributed by atoms with E-state index in [1.807, 2.05) is 0 Å². The zero-order valence-corrected chi connectivity index (χ0v) is 20.2. The molecule has 1 aliphatic carbocycles. The third kappa shape index (κ3) is 6.02. The quantitative estimate of drug-likeness (QED) is 0.375. The molecule has 0 amide bonds. The van der Waals surface area contributed by atoms with Crippen LogP contribution >= 0.6 is 12.1 Å². The number of hydrogen-bond donors (Lipinski definition) is 1. The first kappa shape index (κ1) is 24.2. The van der Waals surface area contributed by atoms with Crippen LogP contribution in [0.4, 0.5) is 13.2 Å². The molecule has 0 spiro atoms. The van der Waals surface area contributed by atoms with Crippen LogP contribution in [0.1, 0.15) is 46.6 Å². The van der Waals surface area contributed by atoms with Crippen LogP contribution in [0.5, 0.6) is 5.75 Å². The summed E-state index contributed by atoms with van der Waals surface area (Å²) in [7, 11) is 0. The molecule has 1 N–H and O–H groups in total. The normalized spacial score (nSPS) is 19.0. The minimum absolute atomic E-state index is 0.197. The Morgan fingerprint density at radius 3 is 2.14 bits per heavy atom. The summed E-state index contributed by atoms with van der Waals surface area (Å²) in [5.41, 5.74) is 6.79. The Labute approximate surface area is 208 Å². The zero-order chi connectivity index (χ0) is 24.3. The third-order valence-electron chi connectivity index (χ3n) is 6.96. The zero-order valence-electron chi connectivity index (χ0n) is 19.4. The van der Waals surface area contributed by atoms with Gasteiger partial charge in [-0.3, -0.25) is 0 Å². The van der Waals surface area contributed by atoms with E-state index in [1.165, 1.54) is 40.8 Å². The van der Waals surface area contributed by atoms with Crippen LogP contribution in [-0.2, 0) is 19.4 Å². The molecular weight excluding hydrogens is 469 g/mol. The average molecular weight is 499 g/mol. The summed E-state index contributed by atoms with van der Waals surface area (Å²) >= 11 is 1.61. The lowest BCUT2D eigenvalue weighted by Gasteiger charge is -2.37. The molecule has 3 nitrogen and oxygen atoms in total. The lowest BCUT2D eigenvalue weighted by atomic mass is 9.76. The van der Waals surface area contributed by atoms with Gasteiger partial charge in [0.25, 0.3) is 0 Å². The van der Waals surface area contributed by atoms with E-state index in [0.717, 1.165) is 37.9 Å². The van der Waals surface area contributed by atoms with Crippen LogP contribution in [-0.4, -0.2) is 23.8 Å². The minimum atomic E-state index is -4.67. The van der Waals surface area contributed by atoms with E-state index in [0.29, 0.717) is 18.4 Å². The maximum absolute atomic E-state index is 12.4. The van der Waals surface area contributed by atoms with Crippen LogP contribution in [0, 0.1) is 5.92 Å². The van der Waals surface area contributed by atoms with Crippen LogP contribution in [0.15, 0.2) is 72.8 Å². The fraction of sp³-hybridized carbons (Fsp3) is 0.357. The van der Waals surface area contributed by atoms with Crippen molar-refractivity contribution in [1.29, 1.82) is 0 Å². The molecule has 1 atom stereocenters. The molecule has 35 heavy (non-hydrogen) atoms. The van der Waals surface area contributed by atoms with Crippen LogP contribution in [0.2, 0.25) is 0 Å². The smallest absolute Gasteiger partial charge is 0.406 e. The highest BCUT2D eigenvalue weighted by Gasteiger charge is 2.33. The van der Waals surface area contributed by atoms with E-state index in [1.54, 1.807) is 24.3 Å².